The summed E-state index contributed by atoms with van der Waals surface area (Å²) in [7, 11) is 0. The zero-order chi connectivity index (χ0) is 23.4. The van der Waals surface area contributed by atoms with Crippen molar-refractivity contribution in [3.8, 4) is 0 Å². The molecule has 1 heterocycles. The lowest BCUT2D eigenvalue weighted by atomic mass is 9.77. The maximum atomic E-state index is 13.5. The van der Waals surface area contributed by atoms with Crippen molar-refractivity contribution in [2.75, 3.05) is 16.9 Å². The summed E-state index contributed by atoms with van der Waals surface area (Å²) in [6.45, 7) is 0. The molecule has 1 atom stereocenters. The molecule has 0 saturated carbocycles. The molecule has 2 aromatic carbocycles. The van der Waals surface area contributed by atoms with E-state index in [1.54, 1.807) is 36.6 Å². The largest absolute Gasteiger partial charge is 0.374 e. The summed E-state index contributed by atoms with van der Waals surface area (Å²) in [5, 5.41) is 9.12. The first-order valence-corrected chi connectivity index (χ1v) is 11.5. The fourth-order valence-electron chi connectivity index (χ4n) is 4.00. The second kappa shape index (κ2) is 9.58. The van der Waals surface area contributed by atoms with Gasteiger partial charge in [0.05, 0.1) is 11.1 Å². The zero-order valence-corrected chi connectivity index (χ0v) is 18.6. The number of carbonyl (C=O) groups is 2. The SMILES string of the molecule is CSN=CCCC1(Nc2ccc(F)cc2)CC2=C(C=C1Nc1ccc(F)cc1)C(=O)NC2=O. The number of hydrogen-bond donors (Lipinski definition) is 3. The Balaban J connectivity index is 1.77. The molecule has 0 aromatic heterocycles. The van der Waals surface area contributed by atoms with Crippen molar-refractivity contribution in [1.82, 2.24) is 5.32 Å². The maximum Gasteiger partial charge on any atom is 0.258 e. The summed E-state index contributed by atoms with van der Waals surface area (Å²) in [6, 6.07) is 11.8. The van der Waals surface area contributed by atoms with Gasteiger partial charge in [0.1, 0.15) is 11.6 Å². The highest BCUT2D eigenvalue weighted by Crippen LogP contribution is 2.41. The van der Waals surface area contributed by atoms with Gasteiger partial charge < -0.3 is 10.6 Å². The van der Waals surface area contributed by atoms with Crippen molar-refractivity contribution in [2.45, 2.75) is 24.8 Å². The Kier molecular flexibility index (Phi) is 6.60. The van der Waals surface area contributed by atoms with E-state index in [9.17, 15) is 18.4 Å². The van der Waals surface area contributed by atoms with Crippen molar-refractivity contribution in [2.24, 2.45) is 4.40 Å². The summed E-state index contributed by atoms with van der Waals surface area (Å²) < 4.78 is 31.2. The molecule has 1 unspecified atom stereocenters. The molecule has 2 aliphatic rings. The molecule has 0 radical (unpaired) electrons. The van der Waals surface area contributed by atoms with Crippen molar-refractivity contribution in [3.63, 3.8) is 0 Å². The molecule has 3 N–H and O–H groups in total. The predicted molar refractivity (Wildman–Crippen MR) is 127 cm³/mol. The van der Waals surface area contributed by atoms with Crippen LogP contribution in [0.3, 0.4) is 0 Å². The number of rotatable bonds is 8. The summed E-state index contributed by atoms with van der Waals surface area (Å²) in [4.78, 5) is 24.9. The number of halogens is 2. The Morgan fingerprint density at radius 2 is 1.67 bits per heavy atom. The Hall–Kier alpha value is -3.46. The number of carbonyl (C=O) groups excluding carboxylic acids is 2. The first-order valence-electron chi connectivity index (χ1n) is 10.3. The Labute approximate surface area is 194 Å². The van der Waals surface area contributed by atoms with Gasteiger partial charge in [-0.05, 0) is 79.4 Å². The standard InChI is InChI=1S/C24H22F2N4O2S/c1-33-27-12-2-11-24(30-18-9-5-16(26)6-10-18)14-20-19(22(31)29-23(20)32)13-21(24)28-17-7-3-15(25)4-8-17/h3-10,12-13,28,30H,2,11,14H2,1H3,(H,29,31,32). The molecule has 0 saturated heterocycles. The van der Waals surface area contributed by atoms with Gasteiger partial charge in [-0.3, -0.25) is 14.9 Å². The molecule has 33 heavy (non-hydrogen) atoms. The molecule has 2 amide bonds. The summed E-state index contributed by atoms with van der Waals surface area (Å²) in [5.74, 6) is -1.60. The van der Waals surface area contributed by atoms with Gasteiger partial charge in [0.15, 0.2) is 0 Å². The average Bonchev–Trinajstić information content (AvgIpc) is 3.07. The summed E-state index contributed by atoms with van der Waals surface area (Å²) in [5.41, 5.74) is 1.77. The fraction of sp³-hybridized carbons (Fsp3) is 0.208. The molecule has 4 rings (SSSR count). The molecule has 0 bridgehead atoms. The highest BCUT2D eigenvalue weighted by molar-refractivity contribution is 7.97. The average molecular weight is 469 g/mol. The van der Waals surface area contributed by atoms with E-state index in [1.807, 2.05) is 6.26 Å². The minimum atomic E-state index is -0.836. The van der Waals surface area contributed by atoms with Crippen LogP contribution < -0.4 is 16.0 Å². The second-order valence-corrected chi connectivity index (χ2v) is 8.34. The third-order valence-corrected chi connectivity index (χ3v) is 5.94. The number of nitrogens with zero attached hydrogens (tertiary/aromatic N) is 1. The molecule has 1 aliphatic carbocycles. The van der Waals surface area contributed by atoms with Crippen LogP contribution in [0.25, 0.3) is 0 Å². The third kappa shape index (κ3) is 4.98. The van der Waals surface area contributed by atoms with Crippen LogP contribution in [0.4, 0.5) is 20.2 Å². The molecule has 1 aliphatic heterocycles. The van der Waals surface area contributed by atoms with Crippen LogP contribution in [0.15, 0.2) is 75.8 Å². The van der Waals surface area contributed by atoms with Crippen LogP contribution in [-0.4, -0.2) is 29.8 Å². The van der Waals surface area contributed by atoms with Crippen LogP contribution in [0.5, 0.6) is 0 Å². The van der Waals surface area contributed by atoms with Crippen molar-refractivity contribution in [1.29, 1.82) is 0 Å². The Morgan fingerprint density at radius 1 is 1.03 bits per heavy atom. The molecule has 6 nitrogen and oxygen atoms in total. The van der Waals surface area contributed by atoms with Gasteiger partial charge in [-0.15, -0.1) is 0 Å². The van der Waals surface area contributed by atoms with Gasteiger partial charge in [-0.2, -0.15) is 0 Å². The van der Waals surface area contributed by atoms with Gasteiger partial charge in [-0.25, -0.2) is 13.2 Å². The number of benzene rings is 2. The first-order chi connectivity index (χ1) is 15.9. The molecular weight excluding hydrogens is 446 g/mol. The number of anilines is 2. The zero-order valence-electron chi connectivity index (χ0n) is 17.8. The monoisotopic (exact) mass is 468 g/mol. The first kappa shape index (κ1) is 22.7. The minimum absolute atomic E-state index is 0.227. The minimum Gasteiger partial charge on any atom is -0.374 e. The second-order valence-electron chi connectivity index (χ2n) is 7.77. The van der Waals surface area contributed by atoms with Gasteiger partial charge in [0.25, 0.3) is 11.8 Å². The van der Waals surface area contributed by atoms with Crippen LogP contribution >= 0.6 is 11.9 Å². The normalized spacial score (nSPS) is 20.0. The van der Waals surface area contributed by atoms with Crippen molar-refractivity contribution >= 4 is 41.4 Å². The highest BCUT2D eigenvalue weighted by atomic mass is 32.2. The van der Waals surface area contributed by atoms with Crippen LogP contribution in [0.2, 0.25) is 0 Å². The summed E-state index contributed by atoms with van der Waals surface area (Å²) in [6.07, 6.45) is 6.63. The van der Waals surface area contributed by atoms with Crippen LogP contribution in [0.1, 0.15) is 19.3 Å². The molecule has 0 spiro atoms. The smallest absolute Gasteiger partial charge is 0.258 e. The van der Waals surface area contributed by atoms with Gasteiger partial charge in [0.2, 0.25) is 0 Å². The quantitative estimate of drug-likeness (QED) is 0.300. The lowest BCUT2D eigenvalue weighted by molar-refractivity contribution is -0.124. The lowest BCUT2D eigenvalue weighted by Crippen LogP contribution is -2.45. The van der Waals surface area contributed by atoms with E-state index in [1.165, 1.54) is 36.2 Å². The van der Waals surface area contributed by atoms with Gasteiger partial charge >= 0.3 is 0 Å². The molecule has 9 heteroatoms. The molecular formula is C24H22F2N4O2S. The third-order valence-electron chi connectivity index (χ3n) is 5.58. The van der Waals surface area contributed by atoms with Crippen LogP contribution in [-0.2, 0) is 9.59 Å². The van der Waals surface area contributed by atoms with E-state index in [2.05, 4.69) is 20.3 Å². The van der Waals surface area contributed by atoms with E-state index < -0.39 is 17.4 Å². The van der Waals surface area contributed by atoms with Crippen molar-refractivity contribution < 1.29 is 18.4 Å². The maximum absolute atomic E-state index is 13.5. The summed E-state index contributed by atoms with van der Waals surface area (Å²) >= 11 is 1.34. The predicted octanol–water partition coefficient (Wildman–Crippen LogP) is 4.60. The van der Waals surface area contributed by atoms with E-state index in [4.69, 9.17) is 0 Å². The van der Waals surface area contributed by atoms with Gasteiger partial charge in [0, 0.05) is 41.5 Å². The highest BCUT2D eigenvalue weighted by Gasteiger charge is 2.44. The molecule has 170 valence electrons. The van der Waals surface area contributed by atoms with E-state index in [0.717, 1.165) is 0 Å². The van der Waals surface area contributed by atoms with Crippen molar-refractivity contribution in [3.05, 3.63) is 83.1 Å². The molecule has 2 aromatic rings. The van der Waals surface area contributed by atoms with E-state index in [-0.39, 0.29) is 18.1 Å². The number of hydrogen-bond acceptors (Lipinski definition) is 6. The fourth-order valence-corrected chi connectivity index (χ4v) is 4.26. The number of amides is 2. The Morgan fingerprint density at radius 3 is 2.30 bits per heavy atom. The van der Waals surface area contributed by atoms with E-state index >= 15 is 0 Å². The molecule has 0 fully saturated rings. The number of imide groups is 1. The number of nitrogens with one attached hydrogen (secondary N) is 3. The van der Waals surface area contributed by atoms with Gasteiger partial charge in [-0.1, -0.05) is 0 Å². The van der Waals surface area contributed by atoms with Crippen LogP contribution in [0, 0.1) is 11.6 Å². The van der Waals surface area contributed by atoms with E-state index in [0.29, 0.717) is 41.1 Å². The Bertz CT molecular complexity index is 1160. The topological polar surface area (TPSA) is 82.6 Å². The lowest BCUT2D eigenvalue weighted by Gasteiger charge is -2.40.